The molecule has 2 aromatic carbocycles. The van der Waals surface area contributed by atoms with Crippen LogP contribution in [-0.4, -0.2) is 120 Å². The number of carboxylic acid groups (broad SMARTS) is 1. The maximum absolute atomic E-state index is 14.0. The molecule has 1 aromatic heterocycles. The molecule has 0 bridgehead atoms. The van der Waals surface area contributed by atoms with Crippen molar-refractivity contribution in [1.82, 2.24) is 41.0 Å². The fourth-order valence-corrected chi connectivity index (χ4v) is 7.25. The molecule has 5 rings (SSSR count). The maximum Gasteiger partial charge on any atom is 0.331 e. The summed E-state index contributed by atoms with van der Waals surface area (Å²) in [5, 5.41) is 53.6. The number of carbonyl (C=O) groups excluding carboxylic acids is 4. The molecule has 0 radical (unpaired) electrons. The van der Waals surface area contributed by atoms with Gasteiger partial charge in [0.05, 0.1) is 12.1 Å². The summed E-state index contributed by atoms with van der Waals surface area (Å²) in [6.45, 7) is 1.87. The van der Waals surface area contributed by atoms with Crippen LogP contribution in [0, 0.1) is 0 Å². The number of phenolic OH excluding ortho intramolecular Hbond substituents is 2. The second-order valence-corrected chi connectivity index (χ2v) is 15.4. The number of amides is 5. The summed E-state index contributed by atoms with van der Waals surface area (Å²) in [5.74, 6) is -3.09. The van der Waals surface area contributed by atoms with E-state index in [2.05, 4.69) is 31.6 Å². The number of likely N-dealkylation sites (N-methyl/N-ethyl adjacent to an activating group) is 1. The van der Waals surface area contributed by atoms with Crippen LogP contribution in [-0.2, 0) is 43.3 Å². The molecule has 60 heavy (non-hydrogen) atoms. The Morgan fingerprint density at radius 2 is 1.72 bits per heavy atom. The van der Waals surface area contributed by atoms with Crippen molar-refractivity contribution in [2.75, 3.05) is 19.1 Å². The number of aromatic nitrogens is 2. The van der Waals surface area contributed by atoms with Crippen LogP contribution < -0.4 is 37.8 Å². The van der Waals surface area contributed by atoms with Gasteiger partial charge in [-0.05, 0) is 72.7 Å². The molecular weight excluding hydrogens is 805 g/mol. The molecule has 322 valence electrons. The Labute approximate surface area is 347 Å². The smallest absolute Gasteiger partial charge is 0.331 e. The van der Waals surface area contributed by atoms with Gasteiger partial charge in [-0.15, -0.1) is 0 Å². The molecule has 1 fully saturated rings. The Balaban J connectivity index is 1.35. The number of hydrogen-bond acceptors (Lipinski definition) is 13. The number of fused-ring (bicyclic) bond motifs is 1. The van der Waals surface area contributed by atoms with Gasteiger partial charge in [-0.1, -0.05) is 18.2 Å². The largest absolute Gasteiger partial charge is 0.508 e. The van der Waals surface area contributed by atoms with Gasteiger partial charge in [0, 0.05) is 44.9 Å². The topological polar surface area (TPSA) is 294 Å². The van der Waals surface area contributed by atoms with Gasteiger partial charge < -0.3 is 56.6 Å². The van der Waals surface area contributed by atoms with E-state index < -0.39 is 83.5 Å². The van der Waals surface area contributed by atoms with Crippen molar-refractivity contribution >= 4 is 41.5 Å². The molecule has 20 nitrogen and oxygen atoms in total. The first-order valence-electron chi connectivity index (χ1n) is 18.9. The Kier molecular flexibility index (Phi) is 15.0. The number of carbonyl (C=O) groups is 5. The van der Waals surface area contributed by atoms with Gasteiger partial charge in [-0.2, -0.15) is 11.8 Å². The number of nitrogens with one attached hydrogen (secondary N) is 6. The molecular formula is C39H48N8O12S. The lowest BCUT2D eigenvalue weighted by atomic mass is 9.94. The standard InChI is InChI=1S/C39H48N8O12S/c1-20(46(2)35(54)28-16-23-15-25(49)8-7-22(23)18-40-28)32(34(53)41-19-26-17-30(50)36(59-26)47-11-9-31(51)44-39(47)58)45-33(52)27(10-12-60-3)42-38(57)43-29(37(55)56)14-21-5-4-6-24(48)13-21/h4-9,11,13,15,19-20,27-30,32,36,40,48-50H,10,12,14,16-18H2,1-3H3,(H,41,53)(H,45,52)(H,55,56)(H2,42,43,57)(H,44,51,58)/b26-19+. The van der Waals surface area contributed by atoms with Crippen LogP contribution in [0.15, 0.2) is 76.3 Å². The molecule has 0 saturated carbocycles. The highest BCUT2D eigenvalue weighted by Gasteiger charge is 2.38. The highest BCUT2D eigenvalue weighted by atomic mass is 32.2. The van der Waals surface area contributed by atoms with Crippen molar-refractivity contribution in [1.29, 1.82) is 0 Å². The van der Waals surface area contributed by atoms with Crippen LogP contribution >= 0.6 is 11.8 Å². The third-order valence-corrected chi connectivity index (χ3v) is 10.8. The number of urea groups is 1. The van der Waals surface area contributed by atoms with Crippen LogP contribution in [0.2, 0.25) is 0 Å². The number of benzene rings is 2. The van der Waals surface area contributed by atoms with E-state index >= 15 is 0 Å². The van der Waals surface area contributed by atoms with E-state index in [1.54, 1.807) is 30.5 Å². The van der Waals surface area contributed by atoms with E-state index in [-0.39, 0.29) is 42.9 Å². The number of phenols is 2. The highest BCUT2D eigenvalue weighted by molar-refractivity contribution is 7.98. The van der Waals surface area contributed by atoms with Gasteiger partial charge in [-0.25, -0.2) is 14.4 Å². The summed E-state index contributed by atoms with van der Waals surface area (Å²) < 4.78 is 6.70. The van der Waals surface area contributed by atoms with Gasteiger partial charge in [0.15, 0.2) is 0 Å². The van der Waals surface area contributed by atoms with Crippen molar-refractivity contribution < 1.29 is 49.1 Å². The number of nitrogens with zero attached hydrogens (tertiary/aromatic N) is 2. The van der Waals surface area contributed by atoms with Crippen molar-refractivity contribution in [3.8, 4) is 11.5 Å². The van der Waals surface area contributed by atoms with Gasteiger partial charge in [0.2, 0.25) is 23.9 Å². The summed E-state index contributed by atoms with van der Waals surface area (Å²) in [6, 6.07) is 4.83. The van der Waals surface area contributed by atoms with Crippen molar-refractivity contribution in [3.05, 3.63) is 104 Å². The average Bonchev–Trinajstić information content (AvgIpc) is 3.58. The predicted octanol–water partition coefficient (Wildman–Crippen LogP) is -0.652. The molecule has 2 aliphatic heterocycles. The minimum absolute atomic E-state index is 0.0428. The van der Waals surface area contributed by atoms with E-state index in [9.17, 15) is 54.0 Å². The van der Waals surface area contributed by atoms with Crippen LogP contribution in [0.1, 0.15) is 42.7 Å². The van der Waals surface area contributed by atoms with Gasteiger partial charge >= 0.3 is 17.7 Å². The number of ether oxygens (including phenoxy) is 1. The quantitative estimate of drug-likeness (QED) is 0.0857. The molecule has 1 saturated heterocycles. The normalized spacial score (nSPS) is 19.7. The van der Waals surface area contributed by atoms with Gasteiger partial charge in [0.1, 0.15) is 41.5 Å². The molecule has 3 aromatic rings. The first-order valence-corrected chi connectivity index (χ1v) is 20.3. The number of aliphatic hydroxyl groups excluding tert-OH is 1. The molecule has 3 heterocycles. The summed E-state index contributed by atoms with van der Waals surface area (Å²) in [7, 11) is 1.45. The van der Waals surface area contributed by atoms with Crippen LogP contribution in [0.5, 0.6) is 11.5 Å². The number of H-pyrrole nitrogens is 1. The third-order valence-electron chi connectivity index (χ3n) is 10.2. The Morgan fingerprint density at radius 3 is 2.42 bits per heavy atom. The molecule has 10 N–H and O–H groups in total. The monoisotopic (exact) mass is 852 g/mol. The number of thioether (sulfide) groups is 1. The summed E-state index contributed by atoms with van der Waals surface area (Å²) in [5.41, 5.74) is 0.611. The minimum atomic E-state index is -1.48. The Hall–Kier alpha value is -6.32. The average molecular weight is 853 g/mol. The second kappa shape index (κ2) is 20.1. The zero-order valence-electron chi connectivity index (χ0n) is 32.9. The van der Waals surface area contributed by atoms with Gasteiger partial charge in [-0.3, -0.25) is 28.7 Å². The number of aliphatic hydroxyl groups is 1. The first-order chi connectivity index (χ1) is 28.5. The molecule has 5 amide bonds. The molecule has 7 atom stereocenters. The van der Waals surface area contributed by atoms with Crippen molar-refractivity contribution in [2.45, 2.75) is 81.7 Å². The highest BCUT2D eigenvalue weighted by Crippen LogP contribution is 2.30. The number of aromatic hydroxyl groups is 2. The Bertz CT molecular complexity index is 2230. The lowest BCUT2D eigenvalue weighted by Gasteiger charge is -2.36. The fourth-order valence-electron chi connectivity index (χ4n) is 6.78. The molecule has 2 aliphatic rings. The maximum atomic E-state index is 14.0. The molecule has 0 spiro atoms. The molecule has 7 unspecified atom stereocenters. The molecule has 0 aliphatic carbocycles. The zero-order chi connectivity index (χ0) is 43.7. The first kappa shape index (κ1) is 44.8. The lowest BCUT2D eigenvalue weighted by Crippen LogP contribution is -2.62. The second-order valence-electron chi connectivity index (χ2n) is 14.4. The van der Waals surface area contributed by atoms with E-state index in [0.717, 1.165) is 34.2 Å². The van der Waals surface area contributed by atoms with Crippen molar-refractivity contribution in [2.24, 2.45) is 0 Å². The van der Waals surface area contributed by atoms with Gasteiger partial charge in [0.25, 0.3) is 5.56 Å². The SMILES string of the molecule is CSCCC(NC(=O)NC(Cc1cccc(O)c1)C(=O)O)C(=O)NC(C(=O)N/C=C1\CC(O)C(n2ccc(=O)[nH]c2=O)O1)C(C)N(C)C(=O)C1Cc2cc(O)ccc2CN1. The van der Waals surface area contributed by atoms with E-state index in [1.165, 1.54) is 48.8 Å². The number of aliphatic carboxylic acids is 1. The van der Waals surface area contributed by atoms with E-state index in [1.807, 2.05) is 0 Å². The summed E-state index contributed by atoms with van der Waals surface area (Å²) >= 11 is 1.37. The Morgan fingerprint density at radius 1 is 0.983 bits per heavy atom. The minimum Gasteiger partial charge on any atom is -0.508 e. The fraction of sp³-hybridized carbons (Fsp3) is 0.410. The molecule has 21 heteroatoms. The summed E-state index contributed by atoms with van der Waals surface area (Å²) in [6.07, 6.45) is 1.53. The van der Waals surface area contributed by atoms with Crippen LogP contribution in [0.25, 0.3) is 0 Å². The summed E-state index contributed by atoms with van der Waals surface area (Å²) in [4.78, 5) is 94.5. The number of aromatic amines is 1. The lowest BCUT2D eigenvalue weighted by molar-refractivity contribution is -0.139. The van der Waals surface area contributed by atoms with Crippen LogP contribution in [0.3, 0.4) is 0 Å². The number of hydrogen-bond donors (Lipinski definition) is 10. The third kappa shape index (κ3) is 11.4. The van der Waals surface area contributed by atoms with E-state index in [4.69, 9.17) is 4.74 Å². The predicted molar refractivity (Wildman–Crippen MR) is 217 cm³/mol. The zero-order valence-corrected chi connectivity index (χ0v) is 33.7. The van der Waals surface area contributed by atoms with Crippen LogP contribution in [0.4, 0.5) is 4.79 Å². The number of carboxylic acids is 1. The van der Waals surface area contributed by atoms with Crippen molar-refractivity contribution in [3.63, 3.8) is 0 Å². The number of rotatable bonds is 16. The van der Waals surface area contributed by atoms with E-state index in [0.29, 0.717) is 17.9 Å².